The van der Waals surface area contributed by atoms with E-state index < -0.39 is 102 Å². The molecule has 3 heterocycles. The van der Waals surface area contributed by atoms with E-state index in [2.05, 4.69) is 66.5 Å². The standard InChI is InChI=1S/C46H74N7O21P3S/c1-8-45(4,5)44(61)72-31-18-25(2)17-27-10-9-26(3)30(35(27)31)12-11-28(54)19-29(55)20-34(57)78-16-15-48-33(56)13-14-49-42(60)39(59)46(6,7)22-70-77(67,68)74-76(65,66)69-21-32-38(73-75(62,63)64)37(58)43(71-32)53-24-52-36-40(47)50-23-51-41(36)53/h9-10,17,23-26,28-32,35,37-39,43,54-55,58-59H,8,11-16,18-22H2,1-7H3,(H,48,56)(H,49,60)(H,65,66)(H,67,68)(H2,47,50,51)(H2,62,63,64)/t25-,26-,28+,29+,30-,31-,32+,35-,37+,38+,39+,43+/m0/s1. The molecule has 1 fully saturated rings. The maximum atomic E-state index is 13.1. The van der Waals surface area contributed by atoms with Crippen molar-refractivity contribution in [3.8, 4) is 0 Å². The molecule has 5 rings (SSSR count). The number of nitrogens with one attached hydrogen (secondary N) is 2. The Bertz CT molecular complexity index is 2640. The molecule has 0 aromatic carbocycles. The van der Waals surface area contributed by atoms with Gasteiger partial charge in [0.15, 0.2) is 22.8 Å². The molecule has 1 saturated heterocycles. The Morgan fingerprint density at radius 3 is 2.35 bits per heavy atom. The number of imidazole rings is 1. The summed E-state index contributed by atoms with van der Waals surface area (Å²) in [4.78, 5) is 102. The molecular formula is C46H74N7O21P3S. The fraction of sp³-hybridized carbons (Fsp3) is 0.717. The van der Waals surface area contributed by atoms with E-state index in [1.807, 2.05) is 20.8 Å². The molecule has 2 unspecified atom stereocenters. The largest absolute Gasteiger partial charge is 0.481 e. The first-order chi connectivity index (χ1) is 36.2. The number of hydrogen-bond donors (Lipinski definition) is 11. The lowest BCUT2D eigenvalue weighted by Gasteiger charge is -2.44. The fourth-order valence-electron chi connectivity index (χ4n) is 9.11. The average molecular weight is 1190 g/mol. The minimum absolute atomic E-state index is 0.0165. The summed E-state index contributed by atoms with van der Waals surface area (Å²) in [7, 11) is -16.5. The van der Waals surface area contributed by atoms with E-state index in [1.165, 1.54) is 13.8 Å². The number of esters is 1. The summed E-state index contributed by atoms with van der Waals surface area (Å²) < 4.78 is 68.8. The molecule has 28 nitrogen and oxygen atoms in total. The van der Waals surface area contributed by atoms with E-state index in [9.17, 15) is 72.9 Å². The number of amides is 2. The van der Waals surface area contributed by atoms with Gasteiger partial charge in [-0.25, -0.2) is 28.6 Å². The Kier molecular flexibility index (Phi) is 23.0. The fourth-order valence-corrected chi connectivity index (χ4v) is 12.7. The highest BCUT2D eigenvalue weighted by Gasteiger charge is 2.51. The normalized spacial score (nSPS) is 26.4. The van der Waals surface area contributed by atoms with Crippen LogP contribution in [-0.2, 0) is 60.2 Å². The number of aliphatic hydroxyl groups excluding tert-OH is 4. The van der Waals surface area contributed by atoms with Gasteiger partial charge in [0.1, 0.15) is 42.4 Å². The average Bonchev–Trinajstić information content (AvgIpc) is 3.90. The Hall–Kier alpha value is -3.57. The predicted octanol–water partition coefficient (Wildman–Crippen LogP) is 2.70. The molecule has 2 aromatic heterocycles. The summed E-state index contributed by atoms with van der Waals surface area (Å²) >= 11 is 0.886. The molecule has 78 heavy (non-hydrogen) atoms. The summed E-state index contributed by atoms with van der Waals surface area (Å²) in [5, 5.41) is 47.8. The van der Waals surface area contributed by atoms with Crippen LogP contribution in [0.1, 0.15) is 99.6 Å². The number of carbonyl (C=O) groups is 4. The highest BCUT2D eigenvalue weighted by molar-refractivity contribution is 8.13. The molecular weight excluding hydrogens is 1110 g/mol. The molecule has 1 aliphatic heterocycles. The van der Waals surface area contributed by atoms with Crippen molar-refractivity contribution in [3.63, 3.8) is 0 Å². The van der Waals surface area contributed by atoms with Crippen molar-refractivity contribution in [2.75, 3.05) is 37.8 Å². The van der Waals surface area contributed by atoms with Crippen LogP contribution in [0.3, 0.4) is 0 Å². The van der Waals surface area contributed by atoms with Crippen LogP contribution in [0.15, 0.2) is 36.5 Å². The third-order valence-corrected chi connectivity index (χ3v) is 17.8. The number of anilines is 1. The maximum absolute atomic E-state index is 13.1. The summed E-state index contributed by atoms with van der Waals surface area (Å²) in [6.07, 6.45) is -0.864. The van der Waals surface area contributed by atoms with Gasteiger partial charge in [-0.15, -0.1) is 0 Å². The number of thioether (sulfide) groups is 1. The number of ether oxygens (including phenoxy) is 2. The Balaban J connectivity index is 0.975. The molecule has 0 spiro atoms. The molecule has 0 bridgehead atoms. The minimum Gasteiger partial charge on any atom is -0.461 e. The number of nitrogens with two attached hydrogens (primary N) is 1. The number of fused-ring (bicyclic) bond motifs is 2. The van der Waals surface area contributed by atoms with Gasteiger partial charge in [-0.1, -0.05) is 64.6 Å². The summed E-state index contributed by atoms with van der Waals surface area (Å²) in [5.41, 5.74) is 4.72. The second kappa shape index (κ2) is 27.5. The van der Waals surface area contributed by atoms with Gasteiger partial charge in [-0.2, -0.15) is 4.31 Å². The number of rotatable bonds is 29. The van der Waals surface area contributed by atoms with E-state index in [4.69, 9.17) is 24.3 Å². The van der Waals surface area contributed by atoms with Gasteiger partial charge < -0.3 is 65.8 Å². The lowest BCUT2D eigenvalue weighted by Crippen LogP contribution is -2.46. The van der Waals surface area contributed by atoms with Gasteiger partial charge in [0.05, 0.1) is 37.2 Å². The second-order valence-electron chi connectivity index (χ2n) is 21.1. The highest BCUT2D eigenvalue weighted by atomic mass is 32.2. The number of phosphoric acid groups is 3. The maximum Gasteiger partial charge on any atom is 0.481 e. The van der Waals surface area contributed by atoms with E-state index >= 15 is 0 Å². The number of aliphatic hydroxyl groups is 4. The van der Waals surface area contributed by atoms with Crippen molar-refractivity contribution >= 4 is 75.1 Å². The van der Waals surface area contributed by atoms with Crippen LogP contribution in [0.5, 0.6) is 0 Å². The SMILES string of the molecule is CCC(C)(C)C(=O)O[C@H]1C[C@@H](C)C=C2C=C[C@H](C)[C@H](CC[C@@H](O)C[C@@H](O)CC(=O)SCCNC(=O)CCNC(=O)[C@@H](O)C(C)(C)COP(=O)(O)OP(=O)(O)OC[C@H]3O[C@@H](n4cnc5c(N)ncnc54)[C@H](O)[C@@H]3OP(=O)(O)O)[C@H]21. The third-order valence-electron chi connectivity index (χ3n) is 13.8. The number of nitrogens with zero attached hydrogens (tertiary/aromatic N) is 4. The molecule has 2 aliphatic carbocycles. The van der Waals surface area contributed by atoms with Crippen molar-refractivity contribution in [1.29, 1.82) is 0 Å². The highest BCUT2D eigenvalue weighted by Crippen LogP contribution is 2.61. The van der Waals surface area contributed by atoms with E-state index in [1.54, 1.807) is 0 Å². The van der Waals surface area contributed by atoms with Gasteiger partial charge in [-0.05, 0) is 69.3 Å². The van der Waals surface area contributed by atoms with Crippen LogP contribution >= 0.6 is 35.2 Å². The summed E-state index contributed by atoms with van der Waals surface area (Å²) in [5.74, 6) is -1.20. The topological polar surface area (TPSA) is 430 Å². The van der Waals surface area contributed by atoms with Crippen LogP contribution in [0.4, 0.5) is 5.82 Å². The van der Waals surface area contributed by atoms with Crippen LogP contribution in [-0.4, -0.2) is 157 Å². The minimum atomic E-state index is -5.62. The Labute approximate surface area is 455 Å². The van der Waals surface area contributed by atoms with Crippen molar-refractivity contribution in [1.82, 2.24) is 30.2 Å². The van der Waals surface area contributed by atoms with Gasteiger partial charge in [0.2, 0.25) is 11.8 Å². The number of aromatic nitrogens is 4. The number of carbonyl (C=O) groups excluding carboxylic acids is 4. The zero-order chi connectivity index (χ0) is 58.1. The second-order valence-corrected chi connectivity index (χ2v) is 26.5. The molecule has 32 heteroatoms. The van der Waals surface area contributed by atoms with Crippen LogP contribution in [0.25, 0.3) is 11.2 Å². The molecule has 2 aromatic rings. The van der Waals surface area contributed by atoms with Crippen molar-refractivity contribution in [3.05, 3.63) is 36.5 Å². The number of phosphoric ester groups is 3. The lowest BCUT2D eigenvalue weighted by molar-refractivity contribution is -0.164. The molecule has 2 amide bonds. The zero-order valence-corrected chi connectivity index (χ0v) is 47.8. The van der Waals surface area contributed by atoms with Gasteiger partial charge in [0, 0.05) is 43.0 Å². The van der Waals surface area contributed by atoms with E-state index in [-0.39, 0.29) is 95.9 Å². The van der Waals surface area contributed by atoms with Crippen LogP contribution < -0.4 is 16.4 Å². The molecule has 12 N–H and O–H groups in total. The molecule has 14 atom stereocenters. The quantitative estimate of drug-likeness (QED) is 0.0317. The number of allylic oxidation sites excluding steroid dienone is 3. The van der Waals surface area contributed by atoms with E-state index in [0.717, 1.165) is 34.6 Å². The molecule has 0 saturated carbocycles. The number of hydrogen-bond acceptors (Lipinski definition) is 22. The van der Waals surface area contributed by atoms with Gasteiger partial charge in [0.25, 0.3) is 0 Å². The van der Waals surface area contributed by atoms with Gasteiger partial charge in [-0.3, -0.25) is 37.3 Å². The van der Waals surface area contributed by atoms with Crippen LogP contribution in [0, 0.1) is 34.5 Å². The first kappa shape index (κ1) is 65.2. The first-order valence-corrected chi connectivity index (χ1v) is 30.8. The van der Waals surface area contributed by atoms with Crippen LogP contribution in [0.2, 0.25) is 0 Å². The lowest BCUT2D eigenvalue weighted by atomic mass is 9.65. The molecule has 3 aliphatic rings. The predicted molar refractivity (Wildman–Crippen MR) is 279 cm³/mol. The Morgan fingerprint density at radius 2 is 1.67 bits per heavy atom. The Morgan fingerprint density at radius 1 is 0.974 bits per heavy atom. The van der Waals surface area contributed by atoms with Crippen molar-refractivity contribution < 1.29 is 100 Å². The van der Waals surface area contributed by atoms with E-state index in [0.29, 0.717) is 25.7 Å². The smallest absolute Gasteiger partial charge is 0.461 e. The summed E-state index contributed by atoms with van der Waals surface area (Å²) in [6, 6.07) is 0. The van der Waals surface area contributed by atoms with Crippen molar-refractivity contribution in [2.24, 2.45) is 34.5 Å². The molecule has 0 radical (unpaired) electrons. The zero-order valence-electron chi connectivity index (χ0n) is 44.3. The summed E-state index contributed by atoms with van der Waals surface area (Å²) in [6.45, 7) is 10.1. The number of nitrogen functional groups attached to an aromatic ring is 1. The third kappa shape index (κ3) is 18.5. The first-order valence-electron chi connectivity index (χ1n) is 25.2. The van der Waals surface area contributed by atoms with Gasteiger partial charge >= 0.3 is 29.4 Å². The monoisotopic (exact) mass is 1190 g/mol. The van der Waals surface area contributed by atoms with Crippen molar-refractivity contribution in [2.45, 2.75) is 142 Å². The molecule has 440 valence electrons.